The zero-order chi connectivity index (χ0) is 9.80. The van der Waals surface area contributed by atoms with Gasteiger partial charge in [-0.2, -0.15) is 0 Å². The minimum Gasteiger partial charge on any atom is -0.473 e. The first-order valence-corrected chi connectivity index (χ1v) is 5.07. The SMILES string of the molecule is Cl.Clc1cc(O[C@H]2CCCNC2)ncn1. The van der Waals surface area contributed by atoms with Crippen molar-refractivity contribution in [1.29, 1.82) is 0 Å². The van der Waals surface area contributed by atoms with Crippen molar-refractivity contribution in [3.8, 4) is 5.88 Å². The van der Waals surface area contributed by atoms with Gasteiger partial charge in [0.2, 0.25) is 5.88 Å². The van der Waals surface area contributed by atoms with Crippen LogP contribution in [0.3, 0.4) is 0 Å². The van der Waals surface area contributed by atoms with E-state index in [1.807, 2.05) is 0 Å². The molecule has 0 bridgehead atoms. The van der Waals surface area contributed by atoms with Crippen LogP contribution in [0.2, 0.25) is 5.15 Å². The fourth-order valence-corrected chi connectivity index (χ4v) is 1.61. The van der Waals surface area contributed by atoms with Crippen LogP contribution in [-0.4, -0.2) is 29.2 Å². The second kappa shape index (κ2) is 6.10. The lowest BCUT2D eigenvalue weighted by molar-refractivity contribution is 0.160. The van der Waals surface area contributed by atoms with Crippen LogP contribution >= 0.6 is 24.0 Å². The molecule has 0 amide bonds. The van der Waals surface area contributed by atoms with Crippen LogP contribution in [-0.2, 0) is 0 Å². The van der Waals surface area contributed by atoms with Crippen molar-refractivity contribution in [2.24, 2.45) is 0 Å². The highest BCUT2D eigenvalue weighted by molar-refractivity contribution is 6.29. The Labute approximate surface area is 99.8 Å². The number of nitrogens with zero attached hydrogens (tertiary/aromatic N) is 2. The highest BCUT2D eigenvalue weighted by Crippen LogP contribution is 2.15. The Bertz CT molecular complexity index is 305. The molecule has 0 aromatic carbocycles. The molecule has 15 heavy (non-hydrogen) atoms. The zero-order valence-electron chi connectivity index (χ0n) is 8.15. The number of aromatic nitrogens is 2. The van der Waals surface area contributed by atoms with Crippen molar-refractivity contribution in [1.82, 2.24) is 15.3 Å². The van der Waals surface area contributed by atoms with E-state index >= 15 is 0 Å². The lowest BCUT2D eigenvalue weighted by Crippen LogP contribution is -2.37. The average molecular weight is 250 g/mol. The molecule has 0 unspecified atom stereocenters. The molecule has 1 fully saturated rings. The van der Waals surface area contributed by atoms with E-state index in [0.717, 1.165) is 25.9 Å². The Kier molecular flexibility index (Phi) is 5.08. The normalized spacial score (nSPS) is 20.5. The Morgan fingerprint density at radius 1 is 1.47 bits per heavy atom. The first-order valence-electron chi connectivity index (χ1n) is 4.69. The molecule has 1 saturated heterocycles. The molecular weight excluding hydrogens is 237 g/mol. The Balaban J connectivity index is 0.00000112. The number of hydrogen-bond acceptors (Lipinski definition) is 4. The van der Waals surface area contributed by atoms with Gasteiger partial charge in [0.25, 0.3) is 0 Å². The monoisotopic (exact) mass is 249 g/mol. The van der Waals surface area contributed by atoms with Gasteiger partial charge in [0.05, 0.1) is 0 Å². The van der Waals surface area contributed by atoms with Gasteiger partial charge in [-0.15, -0.1) is 12.4 Å². The number of rotatable bonds is 2. The molecule has 4 nitrogen and oxygen atoms in total. The van der Waals surface area contributed by atoms with E-state index in [0.29, 0.717) is 11.0 Å². The molecule has 0 saturated carbocycles. The van der Waals surface area contributed by atoms with Crippen molar-refractivity contribution in [2.75, 3.05) is 13.1 Å². The summed E-state index contributed by atoms with van der Waals surface area (Å²) in [6.07, 6.45) is 3.82. The van der Waals surface area contributed by atoms with E-state index < -0.39 is 0 Å². The Morgan fingerprint density at radius 3 is 3.00 bits per heavy atom. The summed E-state index contributed by atoms with van der Waals surface area (Å²) in [7, 11) is 0. The number of ether oxygens (including phenoxy) is 1. The minimum absolute atomic E-state index is 0. The highest BCUT2D eigenvalue weighted by atomic mass is 35.5. The third-order valence-corrected chi connectivity index (χ3v) is 2.35. The van der Waals surface area contributed by atoms with Crippen molar-refractivity contribution in [3.63, 3.8) is 0 Å². The fraction of sp³-hybridized carbons (Fsp3) is 0.556. The summed E-state index contributed by atoms with van der Waals surface area (Å²) >= 11 is 5.72. The van der Waals surface area contributed by atoms with E-state index in [-0.39, 0.29) is 18.5 Å². The fourth-order valence-electron chi connectivity index (χ4n) is 1.47. The average Bonchev–Trinajstić information content (AvgIpc) is 2.19. The Morgan fingerprint density at radius 2 is 2.33 bits per heavy atom. The van der Waals surface area contributed by atoms with Crippen LogP contribution in [0.5, 0.6) is 5.88 Å². The van der Waals surface area contributed by atoms with Crippen LogP contribution in [0.15, 0.2) is 12.4 Å². The predicted molar refractivity (Wildman–Crippen MR) is 60.8 cm³/mol. The Hall–Kier alpha value is -0.580. The quantitative estimate of drug-likeness (QED) is 0.811. The summed E-state index contributed by atoms with van der Waals surface area (Å²) in [5, 5.41) is 3.68. The molecular formula is C9H13Cl2N3O. The standard InChI is InChI=1S/C9H12ClN3O.ClH/c10-8-4-9(13-6-12-8)14-7-2-1-3-11-5-7;/h4,6-7,11H,1-3,5H2;1H/t7-;/m0./s1. The van der Waals surface area contributed by atoms with Crippen LogP contribution in [0.4, 0.5) is 0 Å². The summed E-state index contributed by atoms with van der Waals surface area (Å²) < 4.78 is 5.64. The van der Waals surface area contributed by atoms with E-state index in [1.165, 1.54) is 6.33 Å². The van der Waals surface area contributed by atoms with E-state index in [9.17, 15) is 0 Å². The molecule has 1 aliphatic heterocycles. The van der Waals surface area contributed by atoms with Crippen molar-refractivity contribution in [2.45, 2.75) is 18.9 Å². The number of hydrogen-bond donors (Lipinski definition) is 1. The van der Waals surface area contributed by atoms with Crippen LogP contribution < -0.4 is 10.1 Å². The predicted octanol–water partition coefficient (Wildman–Crippen LogP) is 1.68. The molecule has 1 aromatic heterocycles. The van der Waals surface area contributed by atoms with Crippen molar-refractivity contribution < 1.29 is 4.74 Å². The molecule has 1 aromatic rings. The van der Waals surface area contributed by atoms with Crippen LogP contribution in [0.1, 0.15) is 12.8 Å². The first kappa shape index (κ1) is 12.5. The van der Waals surface area contributed by atoms with Gasteiger partial charge in [0.1, 0.15) is 17.6 Å². The molecule has 2 rings (SSSR count). The molecule has 1 aliphatic rings. The van der Waals surface area contributed by atoms with E-state index in [2.05, 4.69) is 15.3 Å². The van der Waals surface area contributed by atoms with Gasteiger partial charge in [0, 0.05) is 12.6 Å². The van der Waals surface area contributed by atoms with Crippen LogP contribution in [0.25, 0.3) is 0 Å². The smallest absolute Gasteiger partial charge is 0.218 e. The third kappa shape index (κ3) is 3.81. The lowest BCUT2D eigenvalue weighted by atomic mass is 10.1. The molecule has 1 N–H and O–H groups in total. The largest absolute Gasteiger partial charge is 0.473 e. The maximum atomic E-state index is 5.72. The van der Waals surface area contributed by atoms with Gasteiger partial charge < -0.3 is 10.1 Å². The summed E-state index contributed by atoms with van der Waals surface area (Å²) in [6.45, 7) is 1.95. The van der Waals surface area contributed by atoms with Gasteiger partial charge in [-0.1, -0.05) is 11.6 Å². The van der Waals surface area contributed by atoms with Gasteiger partial charge in [-0.3, -0.25) is 0 Å². The molecule has 1 atom stereocenters. The topological polar surface area (TPSA) is 47.0 Å². The van der Waals surface area contributed by atoms with E-state index in [4.69, 9.17) is 16.3 Å². The zero-order valence-corrected chi connectivity index (χ0v) is 9.72. The number of nitrogens with one attached hydrogen (secondary N) is 1. The maximum absolute atomic E-state index is 5.72. The second-order valence-electron chi connectivity index (χ2n) is 3.27. The highest BCUT2D eigenvalue weighted by Gasteiger charge is 2.14. The summed E-state index contributed by atoms with van der Waals surface area (Å²) in [6, 6.07) is 1.64. The molecule has 2 heterocycles. The number of piperidine rings is 1. The second-order valence-corrected chi connectivity index (χ2v) is 3.65. The van der Waals surface area contributed by atoms with E-state index in [1.54, 1.807) is 6.07 Å². The third-order valence-electron chi connectivity index (χ3n) is 2.15. The maximum Gasteiger partial charge on any atom is 0.218 e. The molecule has 84 valence electrons. The summed E-state index contributed by atoms with van der Waals surface area (Å²) in [4.78, 5) is 7.78. The summed E-state index contributed by atoms with van der Waals surface area (Å²) in [5.41, 5.74) is 0. The van der Waals surface area contributed by atoms with Gasteiger partial charge in [-0.05, 0) is 19.4 Å². The van der Waals surface area contributed by atoms with Gasteiger partial charge >= 0.3 is 0 Å². The molecule has 0 aliphatic carbocycles. The minimum atomic E-state index is 0. The number of halogens is 2. The van der Waals surface area contributed by atoms with Crippen LogP contribution in [0, 0.1) is 0 Å². The molecule has 6 heteroatoms. The molecule has 0 radical (unpaired) electrons. The molecule has 0 spiro atoms. The summed E-state index contributed by atoms with van der Waals surface area (Å²) in [5.74, 6) is 0.554. The van der Waals surface area contributed by atoms with Gasteiger partial charge in [-0.25, -0.2) is 9.97 Å². The van der Waals surface area contributed by atoms with Gasteiger partial charge in [0.15, 0.2) is 0 Å². The van der Waals surface area contributed by atoms with Crippen molar-refractivity contribution >= 4 is 24.0 Å². The first-order chi connectivity index (χ1) is 6.84. The lowest BCUT2D eigenvalue weighted by Gasteiger charge is -2.23. The van der Waals surface area contributed by atoms with Crippen molar-refractivity contribution in [3.05, 3.63) is 17.5 Å².